The molecule has 1 fully saturated rings. The van der Waals surface area contributed by atoms with Crippen LogP contribution in [0.2, 0.25) is 0 Å². The number of hydrogen-bond donors (Lipinski definition) is 1. The van der Waals surface area contributed by atoms with Crippen LogP contribution in [0.25, 0.3) is 10.4 Å². The molecule has 1 aliphatic rings. The van der Waals surface area contributed by atoms with E-state index in [1.165, 1.54) is 32.1 Å². The van der Waals surface area contributed by atoms with E-state index >= 15 is 0 Å². The highest BCUT2D eigenvalue weighted by Crippen LogP contribution is 2.39. The average molecular weight is 346 g/mol. The standard InChI is InChI=1S/C19H26N2O2S/c1-22-16-10-6-9-15(19(16)23-2)17-12-21-18(24-17)13-20-11-14-7-4-3-5-8-14/h6,9-10,12,14,20H,3-5,7-8,11,13H2,1-2H3. The van der Waals surface area contributed by atoms with Crippen LogP contribution in [0.15, 0.2) is 24.4 Å². The first-order valence-corrected chi connectivity index (χ1v) is 9.50. The molecular weight excluding hydrogens is 320 g/mol. The minimum atomic E-state index is 0.750. The lowest BCUT2D eigenvalue weighted by molar-refractivity contribution is 0.342. The van der Waals surface area contributed by atoms with E-state index < -0.39 is 0 Å². The molecule has 2 aromatic rings. The maximum Gasteiger partial charge on any atom is 0.169 e. The molecule has 1 aromatic carbocycles. The molecule has 0 amide bonds. The number of nitrogens with zero attached hydrogens (tertiary/aromatic N) is 1. The molecule has 4 nitrogen and oxygen atoms in total. The molecule has 0 atom stereocenters. The zero-order valence-electron chi connectivity index (χ0n) is 14.5. The fraction of sp³-hybridized carbons (Fsp3) is 0.526. The van der Waals surface area contributed by atoms with Crippen molar-refractivity contribution >= 4 is 11.3 Å². The number of para-hydroxylation sites is 1. The molecule has 130 valence electrons. The molecular formula is C19H26N2O2S. The summed E-state index contributed by atoms with van der Waals surface area (Å²) >= 11 is 1.71. The van der Waals surface area contributed by atoms with Gasteiger partial charge in [0.1, 0.15) is 5.01 Å². The summed E-state index contributed by atoms with van der Waals surface area (Å²) in [6, 6.07) is 5.95. The summed E-state index contributed by atoms with van der Waals surface area (Å²) in [5.41, 5.74) is 1.04. The molecule has 24 heavy (non-hydrogen) atoms. The number of hydrogen-bond acceptors (Lipinski definition) is 5. The van der Waals surface area contributed by atoms with Crippen molar-refractivity contribution in [1.29, 1.82) is 0 Å². The third-order valence-electron chi connectivity index (χ3n) is 4.66. The molecule has 0 unspecified atom stereocenters. The largest absolute Gasteiger partial charge is 0.493 e. The summed E-state index contributed by atoms with van der Waals surface area (Å²) in [6.07, 6.45) is 8.87. The lowest BCUT2D eigenvalue weighted by atomic mass is 9.89. The maximum atomic E-state index is 5.53. The van der Waals surface area contributed by atoms with E-state index in [1.54, 1.807) is 25.6 Å². The number of aromatic nitrogens is 1. The zero-order chi connectivity index (χ0) is 16.8. The highest BCUT2D eigenvalue weighted by Gasteiger charge is 2.15. The van der Waals surface area contributed by atoms with Crippen LogP contribution in [0.5, 0.6) is 11.5 Å². The summed E-state index contributed by atoms with van der Waals surface area (Å²) < 4.78 is 10.9. The monoisotopic (exact) mass is 346 g/mol. The fourth-order valence-electron chi connectivity index (χ4n) is 3.37. The Morgan fingerprint density at radius 2 is 2.00 bits per heavy atom. The van der Waals surface area contributed by atoms with Crippen LogP contribution in [-0.2, 0) is 6.54 Å². The number of rotatable bonds is 7. The van der Waals surface area contributed by atoms with Gasteiger partial charge in [0.15, 0.2) is 11.5 Å². The van der Waals surface area contributed by atoms with E-state index in [0.29, 0.717) is 0 Å². The Bertz CT molecular complexity index is 651. The molecule has 5 heteroatoms. The molecule has 0 aliphatic heterocycles. The first-order chi connectivity index (χ1) is 11.8. The molecule has 1 aliphatic carbocycles. The van der Waals surface area contributed by atoms with Crippen molar-refractivity contribution in [3.8, 4) is 21.9 Å². The van der Waals surface area contributed by atoms with Crippen molar-refractivity contribution < 1.29 is 9.47 Å². The Labute approximate surface area is 148 Å². The quantitative estimate of drug-likeness (QED) is 0.802. The Morgan fingerprint density at radius 3 is 2.75 bits per heavy atom. The first-order valence-electron chi connectivity index (χ1n) is 8.68. The van der Waals surface area contributed by atoms with Gasteiger partial charge in [-0.05, 0) is 37.4 Å². The van der Waals surface area contributed by atoms with Crippen LogP contribution in [0.1, 0.15) is 37.1 Å². The predicted octanol–water partition coefficient (Wildman–Crippen LogP) is 4.50. The number of benzene rings is 1. The predicted molar refractivity (Wildman–Crippen MR) is 98.9 cm³/mol. The van der Waals surface area contributed by atoms with Crippen molar-refractivity contribution in [2.24, 2.45) is 5.92 Å². The second kappa shape index (κ2) is 8.49. The van der Waals surface area contributed by atoms with Crippen molar-refractivity contribution in [2.75, 3.05) is 20.8 Å². The van der Waals surface area contributed by atoms with Crippen molar-refractivity contribution in [1.82, 2.24) is 10.3 Å². The van der Waals surface area contributed by atoms with Gasteiger partial charge in [-0.15, -0.1) is 11.3 Å². The van der Waals surface area contributed by atoms with E-state index in [1.807, 2.05) is 24.4 Å². The third-order valence-corrected chi connectivity index (χ3v) is 5.69. The lowest BCUT2D eigenvalue weighted by Gasteiger charge is -2.21. The Morgan fingerprint density at radius 1 is 1.17 bits per heavy atom. The molecule has 0 spiro atoms. The van der Waals surface area contributed by atoms with Crippen LogP contribution < -0.4 is 14.8 Å². The number of ether oxygens (including phenoxy) is 2. The molecule has 1 aromatic heterocycles. The molecule has 1 saturated carbocycles. The van der Waals surface area contributed by atoms with Gasteiger partial charge in [-0.25, -0.2) is 4.98 Å². The highest BCUT2D eigenvalue weighted by molar-refractivity contribution is 7.15. The van der Waals surface area contributed by atoms with Crippen molar-refractivity contribution in [2.45, 2.75) is 38.6 Å². The fourth-order valence-corrected chi connectivity index (χ4v) is 4.28. The summed E-state index contributed by atoms with van der Waals surface area (Å²) in [4.78, 5) is 5.68. The first kappa shape index (κ1) is 17.2. The third kappa shape index (κ3) is 4.08. The SMILES string of the molecule is COc1cccc(-c2cnc(CNCC3CCCCC3)s2)c1OC. The van der Waals surface area contributed by atoms with E-state index in [4.69, 9.17) is 9.47 Å². The van der Waals surface area contributed by atoms with E-state index in [-0.39, 0.29) is 0 Å². The number of thiazole rings is 1. The summed E-state index contributed by atoms with van der Waals surface area (Å²) in [7, 11) is 3.34. The number of methoxy groups -OCH3 is 2. The van der Waals surface area contributed by atoms with Crippen molar-refractivity contribution in [3.05, 3.63) is 29.4 Å². The number of nitrogens with one attached hydrogen (secondary N) is 1. The van der Waals surface area contributed by atoms with Gasteiger partial charge in [0.2, 0.25) is 0 Å². The van der Waals surface area contributed by atoms with Crippen LogP contribution in [0.3, 0.4) is 0 Å². The van der Waals surface area contributed by atoms with Gasteiger partial charge in [0.25, 0.3) is 0 Å². The van der Waals surface area contributed by atoms with E-state index in [9.17, 15) is 0 Å². The van der Waals surface area contributed by atoms with Crippen LogP contribution >= 0.6 is 11.3 Å². The molecule has 0 radical (unpaired) electrons. The second-order valence-electron chi connectivity index (χ2n) is 6.29. The van der Waals surface area contributed by atoms with Crippen LogP contribution in [0, 0.1) is 5.92 Å². The van der Waals surface area contributed by atoms with Crippen LogP contribution in [0.4, 0.5) is 0 Å². The minimum absolute atomic E-state index is 0.750. The van der Waals surface area contributed by atoms with Crippen molar-refractivity contribution in [3.63, 3.8) is 0 Å². The van der Waals surface area contributed by atoms with E-state index in [0.717, 1.165) is 46.0 Å². The highest BCUT2D eigenvalue weighted by atomic mass is 32.1. The zero-order valence-corrected chi connectivity index (χ0v) is 15.3. The van der Waals surface area contributed by atoms with Gasteiger partial charge < -0.3 is 14.8 Å². The molecule has 1 N–H and O–H groups in total. The van der Waals surface area contributed by atoms with E-state index in [2.05, 4.69) is 10.3 Å². The second-order valence-corrected chi connectivity index (χ2v) is 7.41. The van der Waals surface area contributed by atoms with Crippen LogP contribution in [-0.4, -0.2) is 25.7 Å². The summed E-state index contributed by atoms with van der Waals surface area (Å²) in [5, 5.41) is 4.70. The normalized spacial score (nSPS) is 15.4. The maximum absolute atomic E-state index is 5.53. The van der Waals surface area contributed by atoms with Gasteiger partial charge in [0.05, 0.1) is 19.1 Å². The Kier molecular flexibility index (Phi) is 6.10. The lowest BCUT2D eigenvalue weighted by Crippen LogP contribution is -2.24. The van der Waals surface area contributed by atoms with Gasteiger partial charge in [0, 0.05) is 18.3 Å². The van der Waals surface area contributed by atoms with Gasteiger partial charge in [-0.2, -0.15) is 0 Å². The summed E-state index contributed by atoms with van der Waals surface area (Å²) in [6.45, 7) is 1.95. The topological polar surface area (TPSA) is 43.4 Å². The molecule has 0 saturated heterocycles. The Balaban J connectivity index is 1.63. The van der Waals surface area contributed by atoms with Gasteiger partial charge in [-0.1, -0.05) is 25.3 Å². The molecule has 3 rings (SSSR count). The van der Waals surface area contributed by atoms with Gasteiger partial charge >= 0.3 is 0 Å². The smallest absolute Gasteiger partial charge is 0.169 e. The summed E-state index contributed by atoms with van der Waals surface area (Å²) in [5.74, 6) is 2.36. The average Bonchev–Trinajstić information content (AvgIpc) is 3.10. The molecule has 1 heterocycles. The van der Waals surface area contributed by atoms with Gasteiger partial charge in [-0.3, -0.25) is 0 Å². The molecule has 0 bridgehead atoms. The minimum Gasteiger partial charge on any atom is -0.493 e. The Hall–Kier alpha value is -1.59.